The second kappa shape index (κ2) is 7.63. The summed E-state index contributed by atoms with van der Waals surface area (Å²) in [6.45, 7) is 0. The molecule has 2 aliphatic rings. The van der Waals surface area contributed by atoms with Crippen molar-refractivity contribution in [3.8, 4) is 5.75 Å². The highest BCUT2D eigenvalue weighted by Crippen LogP contribution is 2.41. The summed E-state index contributed by atoms with van der Waals surface area (Å²) in [6.07, 6.45) is 7.01. The fraction of sp³-hybridized carbons (Fsp3) is 0.208. The number of ketones is 1. The molecule has 30 heavy (non-hydrogen) atoms. The summed E-state index contributed by atoms with van der Waals surface area (Å²) >= 11 is 0. The van der Waals surface area contributed by atoms with Crippen molar-refractivity contribution in [2.24, 2.45) is 5.92 Å². The Balaban J connectivity index is 1.49. The van der Waals surface area contributed by atoms with Crippen LogP contribution in [0.2, 0.25) is 0 Å². The number of methoxy groups -OCH3 is 1. The fourth-order valence-corrected chi connectivity index (χ4v) is 4.22. The van der Waals surface area contributed by atoms with Crippen molar-refractivity contribution >= 4 is 17.8 Å². The molecule has 0 unspecified atom stereocenters. The predicted octanol–water partition coefficient (Wildman–Crippen LogP) is 4.25. The molecule has 0 fully saturated rings. The number of anilines is 1. The van der Waals surface area contributed by atoms with E-state index < -0.39 is 0 Å². The minimum Gasteiger partial charge on any atom is -0.497 e. The number of allylic oxidation sites excluding steroid dienone is 3. The van der Waals surface area contributed by atoms with Crippen LogP contribution >= 0.6 is 0 Å². The number of Topliss-reactive ketones (excluding diaryl/α,β-unsaturated/α-hetero) is 1. The van der Waals surface area contributed by atoms with Crippen molar-refractivity contribution in [2.75, 3.05) is 12.4 Å². The Morgan fingerprint density at radius 3 is 2.67 bits per heavy atom. The largest absolute Gasteiger partial charge is 0.497 e. The van der Waals surface area contributed by atoms with Gasteiger partial charge in [-0.15, -0.1) is 0 Å². The van der Waals surface area contributed by atoms with Crippen LogP contribution < -0.4 is 10.1 Å². The highest BCUT2D eigenvalue weighted by Gasteiger charge is 2.38. The molecule has 1 aliphatic heterocycles. The molecule has 0 spiro atoms. The Morgan fingerprint density at radius 2 is 1.90 bits per heavy atom. The molecule has 0 bridgehead atoms. The minimum atomic E-state index is -0.281. The van der Waals surface area contributed by atoms with E-state index in [4.69, 9.17) is 4.74 Å². The number of ether oxygens (including phenoxy) is 1. The average Bonchev–Trinajstić information content (AvgIpc) is 3.25. The van der Waals surface area contributed by atoms with Crippen LogP contribution in [0.25, 0.3) is 6.08 Å². The summed E-state index contributed by atoms with van der Waals surface area (Å²) in [5, 5.41) is 7.74. The molecule has 2 heterocycles. The number of carbonyl (C=O) groups is 1. The van der Waals surface area contributed by atoms with Gasteiger partial charge in [-0.25, -0.2) is 4.68 Å². The van der Waals surface area contributed by atoms with Gasteiger partial charge in [-0.2, -0.15) is 10.1 Å². The van der Waals surface area contributed by atoms with Crippen molar-refractivity contribution in [2.45, 2.75) is 18.9 Å². The lowest BCUT2D eigenvalue weighted by Gasteiger charge is -2.34. The summed E-state index contributed by atoms with van der Waals surface area (Å²) in [7, 11) is 1.64. The van der Waals surface area contributed by atoms with Gasteiger partial charge in [0.05, 0.1) is 7.11 Å². The predicted molar refractivity (Wildman–Crippen MR) is 115 cm³/mol. The molecule has 2 aromatic carbocycles. The maximum Gasteiger partial charge on any atom is 0.226 e. The first-order valence-electron chi connectivity index (χ1n) is 10.0. The molecule has 0 amide bonds. The van der Waals surface area contributed by atoms with Gasteiger partial charge in [-0.1, -0.05) is 54.6 Å². The first kappa shape index (κ1) is 18.4. The summed E-state index contributed by atoms with van der Waals surface area (Å²) < 4.78 is 7.07. The number of nitrogens with one attached hydrogen (secondary N) is 1. The van der Waals surface area contributed by atoms with Gasteiger partial charge < -0.3 is 10.1 Å². The van der Waals surface area contributed by atoms with Crippen molar-refractivity contribution < 1.29 is 9.53 Å². The number of rotatable bonds is 4. The van der Waals surface area contributed by atoms with E-state index in [9.17, 15) is 4.79 Å². The maximum absolute atomic E-state index is 13.3. The molecule has 1 aromatic heterocycles. The number of hydrogen-bond donors (Lipinski definition) is 1. The molecular weight excluding hydrogens is 376 g/mol. The molecule has 2 atom stereocenters. The zero-order valence-electron chi connectivity index (χ0n) is 16.7. The number of aromatic nitrogens is 3. The van der Waals surface area contributed by atoms with Crippen LogP contribution in [0.15, 0.2) is 78.3 Å². The quantitative estimate of drug-likeness (QED) is 0.712. The van der Waals surface area contributed by atoms with Gasteiger partial charge in [-0.05, 0) is 35.6 Å². The van der Waals surface area contributed by atoms with Gasteiger partial charge in [0.1, 0.15) is 18.1 Å². The number of benzene rings is 2. The summed E-state index contributed by atoms with van der Waals surface area (Å²) in [5.74, 6) is 1.74. The van der Waals surface area contributed by atoms with Crippen LogP contribution in [0.3, 0.4) is 0 Å². The van der Waals surface area contributed by atoms with Crippen molar-refractivity contribution in [1.82, 2.24) is 14.8 Å². The lowest BCUT2D eigenvalue weighted by atomic mass is 9.80. The summed E-state index contributed by atoms with van der Waals surface area (Å²) in [5.41, 5.74) is 3.85. The number of carbonyl (C=O) groups excluding carboxylic acids is 1. The standard InChI is InChI=1S/C24H22N4O2/c1-30-19-11-9-18(10-12-19)23-22-20(27-24-25-15-26-28(23)24)13-17(14-21(22)29)8-7-16-5-3-2-4-6-16/h2-12,15,17,23H,13-14H2,1H3,(H,25,26,27)/b8-7+/t17-,23-/m1/s1. The Kier molecular flexibility index (Phi) is 4.67. The minimum absolute atomic E-state index is 0.147. The number of hydrogen-bond acceptors (Lipinski definition) is 5. The van der Waals surface area contributed by atoms with E-state index in [0.29, 0.717) is 12.4 Å². The molecule has 6 heteroatoms. The topological polar surface area (TPSA) is 69.0 Å². The van der Waals surface area contributed by atoms with E-state index in [1.54, 1.807) is 11.8 Å². The zero-order chi connectivity index (χ0) is 20.5. The third kappa shape index (κ3) is 3.30. The van der Waals surface area contributed by atoms with Crippen LogP contribution in [-0.4, -0.2) is 27.7 Å². The molecule has 0 radical (unpaired) electrons. The molecule has 6 nitrogen and oxygen atoms in total. The van der Waals surface area contributed by atoms with Gasteiger partial charge in [-0.3, -0.25) is 4.79 Å². The third-order valence-electron chi connectivity index (χ3n) is 5.69. The Labute approximate surface area is 174 Å². The molecule has 150 valence electrons. The first-order valence-corrected chi connectivity index (χ1v) is 10.0. The van der Waals surface area contributed by atoms with E-state index in [0.717, 1.165) is 34.6 Å². The van der Waals surface area contributed by atoms with E-state index >= 15 is 0 Å². The normalized spacial score (nSPS) is 20.6. The lowest BCUT2D eigenvalue weighted by molar-refractivity contribution is -0.117. The van der Waals surface area contributed by atoms with E-state index in [-0.39, 0.29) is 17.7 Å². The van der Waals surface area contributed by atoms with E-state index in [2.05, 4.69) is 39.7 Å². The molecule has 1 N–H and O–H groups in total. The Hall–Kier alpha value is -3.67. The van der Waals surface area contributed by atoms with Crippen LogP contribution in [0.4, 0.5) is 5.95 Å². The van der Waals surface area contributed by atoms with E-state index in [1.807, 2.05) is 42.5 Å². The SMILES string of the molecule is COc1ccc([C@@H]2C3=C(C[C@@H](/C=C/c4ccccc4)CC3=O)Nc3ncnn32)cc1. The third-order valence-corrected chi connectivity index (χ3v) is 5.69. The second-order valence-corrected chi connectivity index (χ2v) is 7.58. The maximum atomic E-state index is 13.3. The highest BCUT2D eigenvalue weighted by molar-refractivity contribution is 5.99. The molecular formula is C24H22N4O2. The summed E-state index contributed by atoms with van der Waals surface area (Å²) in [6, 6.07) is 17.7. The number of fused-ring (bicyclic) bond motifs is 1. The van der Waals surface area contributed by atoms with Gasteiger partial charge in [0.2, 0.25) is 5.95 Å². The smallest absolute Gasteiger partial charge is 0.226 e. The highest BCUT2D eigenvalue weighted by atomic mass is 16.5. The molecule has 1 aliphatic carbocycles. The van der Waals surface area contributed by atoms with Gasteiger partial charge in [0, 0.05) is 17.7 Å². The first-order chi connectivity index (χ1) is 14.7. The van der Waals surface area contributed by atoms with Crippen molar-refractivity contribution in [1.29, 1.82) is 0 Å². The van der Waals surface area contributed by atoms with E-state index in [1.165, 1.54) is 6.33 Å². The summed E-state index contributed by atoms with van der Waals surface area (Å²) in [4.78, 5) is 17.6. The van der Waals surface area contributed by atoms with Crippen LogP contribution in [0.5, 0.6) is 5.75 Å². The van der Waals surface area contributed by atoms with Crippen LogP contribution in [-0.2, 0) is 4.79 Å². The Bertz CT molecular complexity index is 1130. The number of nitrogens with zero attached hydrogens (tertiary/aromatic N) is 3. The second-order valence-electron chi connectivity index (χ2n) is 7.58. The van der Waals surface area contributed by atoms with Crippen LogP contribution in [0.1, 0.15) is 30.0 Å². The Morgan fingerprint density at radius 1 is 1.10 bits per heavy atom. The van der Waals surface area contributed by atoms with Gasteiger partial charge in [0.25, 0.3) is 0 Å². The average molecular weight is 398 g/mol. The molecule has 0 saturated heterocycles. The zero-order valence-corrected chi connectivity index (χ0v) is 16.7. The van der Waals surface area contributed by atoms with Crippen LogP contribution in [0, 0.1) is 5.92 Å². The monoisotopic (exact) mass is 398 g/mol. The molecule has 5 rings (SSSR count). The lowest BCUT2D eigenvalue weighted by Crippen LogP contribution is -2.33. The van der Waals surface area contributed by atoms with Gasteiger partial charge >= 0.3 is 0 Å². The van der Waals surface area contributed by atoms with Crippen molar-refractivity contribution in [3.63, 3.8) is 0 Å². The van der Waals surface area contributed by atoms with Crippen molar-refractivity contribution in [3.05, 3.63) is 89.4 Å². The van der Waals surface area contributed by atoms with Gasteiger partial charge in [0.15, 0.2) is 5.78 Å². The fourth-order valence-electron chi connectivity index (χ4n) is 4.22. The molecule has 3 aromatic rings. The molecule has 0 saturated carbocycles.